The van der Waals surface area contributed by atoms with Crippen LogP contribution in [0.25, 0.3) is 0 Å². The molecule has 0 saturated heterocycles. The molecule has 0 spiro atoms. The molecule has 0 saturated carbocycles. The summed E-state index contributed by atoms with van der Waals surface area (Å²) in [5, 5.41) is 2.65. The van der Waals surface area contributed by atoms with Crippen molar-refractivity contribution in [2.24, 2.45) is 5.73 Å². The van der Waals surface area contributed by atoms with Crippen LogP contribution in [0.15, 0.2) is 42.0 Å². The average molecular weight is 417 g/mol. The number of amides is 2. The van der Waals surface area contributed by atoms with Crippen molar-refractivity contribution in [1.82, 2.24) is 9.62 Å². The summed E-state index contributed by atoms with van der Waals surface area (Å²) < 4.78 is 2.11. The molecule has 2 amide bonds. The lowest BCUT2D eigenvalue weighted by Gasteiger charge is -2.24. The first-order chi connectivity index (χ1) is 10.0. The first-order valence-electron chi connectivity index (χ1n) is 6.45. The van der Waals surface area contributed by atoms with Crippen LogP contribution in [0.4, 0.5) is 0 Å². The molecule has 1 aliphatic rings. The Bertz CT molecular complexity index is 565. The van der Waals surface area contributed by atoms with E-state index in [-0.39, 0.29) is 11.9 Å². The summed E-state index contributed by atoms with van der Waals surface area (Å²) in [6, 6.07) is 9.03. The number of nitrogens with two attached hydrogens (primary N) is 1. The summed E-state index contributed by atoms with van der Waals surface area (Å²) >= 11 is 2.20. The Labute approximate surface area is 140 Å². The maximum atomic E-state index is 12.4. The number of hydrogen-bond acceptors (Lipinski definition) is 4. The summed E-state index contributed by atoms with van der Waals surface area (Å²) in [6.07, 6.45) is 1.90. The molecule has 0 unspecified atom stereocenters. The normalized spacial score (nSPS) is 19.9. The molecule has 2 rings (SSSR count). The van der Waals surface area contributed by atoms with Gasteiger partial charge < -0.3 is 11.1 Å². The van der Waals surface area contributed by atoms with Gasteiger partial charge in [0, 0.05) is 33.3 Å². The SMILES string of the molecule is C[C@H](NC(=O)C1=CCN(SI)[C@H]1c1ccccc1)C(N)=O. The number of hydrogen-bond donors (Lipinski definition) is 2. The van der Waals surface area contributed by atoms with Gasteiger partial charge in [-0.15, -0.1) is 0 Å². The molecule has 21 heavy (non-hydrogen) atoms. The van der Waals surface area contributed by atoms with Gasteiger partial charge in [-0.05, 0) is 21.6 Å². The van der Waals surface area contributed by atoms with Gasteiger partial charge in [0.25, 0.3) is 0 Å². The second-order valence-electron chi connectivity index (χ2n) is 4.74. The first kappa shape index (κ1) is 16.3. The highest BCUT2D eigenvalue weighted by Crippen LogP contribution is 2.40. The van der Waals surface area contributed by atoms with Gasteiger partial charge in [-0.25, -0.2) is 4.31 Å². The van der Waals surface area contributed by atoms with Crippen molar-refractivity contribution in [3.05, 3.63) is 47.5 Å². The molecule has 0 bridgehead atoms. The lowest BCUT2D eigenvalue weighted by atomic mass is 10.00. The summed E-state index contributed by atoms with van der Waals surface area (Å²) in [5.74, 6) is -0.790. The quantitative estimate of drug-likeness (QED) is 0.568. The largest absolute Gasteiger partial charge is 0.368 e. The lowest BCUT2D eigenvalue weighted by Crippen LogP contribution is -2.43. The van der Waals surface area contributed by atoms with E-state index >= 15 is 0 Å². The van der Waals surface area contributed by atoms with Crippen LogP contribution in [-0.2, 0) is 9.59 Å². The molecule has 5 nitrogen and oxygen atoms in total. The van der Waals surface area contributed by atoms with Crippen molar-refractivity contribution in [1.29, 1.82) is 0 Å². The maximum Gasteiger partial charge on any atom is 0.249 e. The first-order valence-corrected chi connectivity index (χ1v) is 9.76. The Hall–Kier alpha value is -1.06. The van der Waals surface area contributed by atoms with E-state index in [1.807, 2.05) is 36.4 Å². The lowest BCUT2D eigenvalue weighted by molar-refractivity contribution is -0.125. The molecule has 0 radical (unpaired) electrons. The Morgan fingerprint density at radius 3 is 2.67 bits per heavy atom. The third kappa shape index (κ3) is 3.78. The van der Waals surface area contributed by atoms with Gasteiger partial charge in [0.05, 0.1) is 6.04 Å². The van der Waals surface area contributed by atoms with E-state index in [4.69, 9.17) is 5.73 Å². The monoisotopic (exact) mass is 417 g/mol. The van der Waals surface area contributed by atoms with E-state index in [9.17, 15) is 9.59 Å². The molecule has 1 heterocycles. The summed E-state index contributed by atoms with van der Waals surface area (Å²) in [6.45, 7) is 2.26. The van der Waals surface area contributed by atoms with Crippen LogP contribution in [0.3, 0.4) is 0 Å². The van der Waals surface area contributed by atoms with Gasteiger partial charge in [0.1, 0.15) is 6.04 Å². The molecule has 3 N–H and O–H groups in total. The van der Waals surface area contributed by atoms with Crippen LogP contribution in [0, 0.1) is 0 Å². The summed E-state index contributed by atoms with van der Waals surface area (Å²) in [7, 11) is 1.56. The fraction of sp³-hybridized carbons (Fsp3) is 0.286. The number of rotatable bonds is 5. The number of nitrogens with zero attached hydrogens (tertiary/aromatic N) is 1. The Kier molecular flexibility index (Phi) is 5.65. The maximum absolute atomic E-state index is 12.4. The van der Waals surface area contributed by atoms with Crippen molar-refractivity contribution < 1.29 is 9.59 Å². The van der Waals surface area contributed by atoms with Gasteiger partial charge in [0.2, 0.25) is 11.8 Å². The van der Waals surface area contributed by atoms with Crippen molar-refractivity contribution >= 4 is 42.1 Å². The van der Waals surface area contributed by atoms with E-state index in [1.165, 1.54) is 0 Å². The minimum absolute atomic E-state index is 0.117. The van der Waals surface area contributed by atoms with E-state index in [1.54, 1.807) is 16.0 Å². The minimum atomic E-state index is -0.684. The molecule has 0 aliphatic carbocycles. The topological polar surface area (TPSA) is 75.4 Å². The molecule has 7 heteroatoms. The molecule has 1 aromatic rings. The summed E-state index contributed by atoms with van der Waals surface area (Å²) in [4.78, 5) is 23.5. The second-order valence-corrected chi connectivity index (χ2v) is 6.53. The molecule has 0 fully saturated rings. The van der Waals surface area contributed by atoms with Crippen LogP contribution < -0.4 is 11.1 Å². The van der Waals surface area contributed by atoms with E-state index in [0.29, 0.717) is 12.1 Å². The molecular weight excluding hydrogens is 401 g/mol. The van der Waals surface area contributed by atoms with Crippen molar-refractivity contribution in [3.8, 4) is 0 Å². The van der Waals surface area contributed by atoms with Crippen LogP contribution >= 0.6 is 30.3 Å². The number of carbonyl (C=O) groups is 2. The fourth-order valence-corrected chi connectivity index (χ4v) is 3.79. The van der Waals surface area contributed by atoms with E-state index < -0.39 is 11.9 Å². The number of halogens is 1. The van der Waals surface area contributed by atoms with Crippen molar-refractivity contribution in [3.63, 3.8) is 0 Å². The van der Waals surface area contributed by atoms with Gasteiger partial charge in [-0.3, -0.25) is 9.59 Å². The number of benzene rings is 1. The van der Waals surface area contributed by atoms with Crippen molar-refractivity contribution in [2.45, 2.75) is 19.0 Å². The number of primary amides is 1. The highest BCUT2D eigenvalue weighted by molar-refractivity contribution is 14.2. The number of nitrogens with one attached hydrogen (secondary N) is 1. The van der Waals surface area contributed by atoms with E-state index in [0.717, 1.165) is 5.56 Å². The van der Waals surface area contributed by atoms with Gasteiger partial charge >= 0.3 is 0 Å². The minimum Gasteiger partial charge on any atom is -0.368 e. The summed E-state index contributed by atoms with van der Waals surface area (Å²) in [5.41, 5.74) is 6.89. The fourth-order valence-electron chi connectivity index (χ4n) is 2.18. The predicted octanol–water partition coefficient (Wildman–Crippen LogP) is 1.96. The zero-order chi connectivity index (χ0) is 15.4. The third-order valence-corrected chi connectivity index (χ3v) is 5.37. The Balaban J connectivity index is 2.22. The molecule has 1 aromatic carbocycles. The van der Waals surface area contributed by atoms with Gasteiger partial charge in [-0.2, -0.15) is 0 Å². The highest BCUT2D eigenvalue weighted by Gasteiger charge is 2.33. The van der Waals surface area contributed by atoms with Crippen molar-refractivity contribution in [2.75, 3.05) is 6.54 Å². The predicted molar refractivity (Wildman–Crippen MR) is 92.4 cm³/mol. The van der Waals surface area contributed by atoms with Crippen LogP contribution in [-0.4, -0.2) is 28.7 Å². The zero-order valence-corrected chi connectivity index (χ0v) is 14.4. The smallest absolute Gasteiger partial charge is 0.249 e. The van der Waals surface area contributed by atoms with Crippen LogP contribution in [0.2, 0.25) is 0 Å². The standard InChI is InChI=1S/C14H16IN3O2S/c1-9(13(16)19)17-14(20)11-7-8-18(21-15)12(11)10-5-3-2-4-6-10/h2-7,9,12H,8H2,1H3,(H2,16,19)(H,17,20)/t9-,12-/m0/s1. The second kappa shape index (κ2) is 7.28. The van der Waals surface area contributed by atoms with E-state index in [2.05, 4.69) is 30.8 Å². The van der Waals surface area contributed by atoms with Crippen LogP contribution in [0.5, 0.6) is 0 Å². The Morgan fingerprint density at radius 1 is 1.43 bits per heavy atom. The molecule has 0 aromatic heterocycles. The van der Waals surface area contributed by atoms with Gasteiger partial charge in [0.15, 0.2) is 0 Å². The molecular formula is C14H16IN3O2S. The third-order valence-electron chi connectivity index (χ3n) is 3.31. The zero-order valence-electron chi connectivity index (χ0n) is 11.5. The molecule has 112 valence electrons. The molecule has 2 atom stereocenters. The average Bonchev–Trinajstić information content (AvgIpc) is 2.91. The molecule has 1 aliphatic heterocycles. The van der Waals surface area contributed by atoms with Gasteiger partial charge in [-0.1, -0.05) is 36.4 Å². The highest BCUT2D eigenvalue weighted by atomic mass is 127. The Morgan fingerprint density at radius 2 is 2.10 bits per heavy atom. The number of carbonyl (C=O) groups excluding carboxylic acids is 2. The van der Waals surface area contributed by atoms with Crippen LogP contribution in [0.1, 0.15) is 18.5 Å².